The van der Waals surface area contributed by atoms with Crippen LogP contribution in [0.15, 0.2) is 18.2 Å². The predicted octanol–water partition coefficient (Wildman–Crippen LogP) is 3.48. The van der Waals surface area contributed by atoms with Crippen LogP contribution in [0.2, 0.25) is 5.28 Å². The van der Waals surface area contributed by atoms with Gasteiger partial charge in [-0.05, 0) is 48.1 Å². The molecule has 72 valence electrons. The topological polar surface area (TPSA) is 25.8 Å². The van der Waals surface area contributed by atoms with E-state index in [2.05, 4.69) is 29.3 Å². The molecule has 0 aliphatic heterocycles. The van der Waals surface area contributed by atoms with Gasteiger partial charge in [0.2, 0.25) is 5.28 Å². The van der Waals surface area contributed by atoms with Gasteiger partial charge < -0.3 is 0 Å². The SMILES string of the molecule is Cc1cccc(-c2nc(Cl)ns2)c1C. The average molecular weight is 225 g/mol. The maximum Gasteiger partial charge on any atom is 0.234 e. The molecule has 0 spiro atoms. The van der Waals surface area contributed by atoms with Crippen LogP contribution in [0.5, 0.6) is 0 Å². The summed E-state index contributed by atoms with van der Waals surface area (Å²) in [6.07, 6.45) is 0. The summed E-state index contributed by atoms with van der Waals surface area (Å²) < 4.78 is 3.96. The lowest BCUT2D eigenvalue weighted by molar-refractivity contribution is 1.29. The molecule has 1 heterocycles. The highest BCUT2D eigenvalue weighted by atomic mass is 35.5. The molecule has 0 radical (unpaired) electrons. The predicted molar refractivity (Wildman–Crippen MR) is 59.8 cm³/mol. The monoisotopic (exact) mass is 224 g/mol. The van der Waals surface area contributed by atoms with E-state index in [-0.39, 0.29) is 0 Å². The van der Waals surface area contributed by atoms with Crippen molar-refractivity contribution in [1.82, 2.24) is 9.36 Å². The first-order valence-electron chi connectivity index (χ1n) is 4.24. The van der Waals surface area contributed by atoms with E-state index < -0.39 is 0 Å². The van der Waals surface area contributed by atoms with Gasteiger partial charge in [-0.2, -0.15) is 4.37 Å². The molecule has 4 heteroatoms. The number of hydrogen-bond acceptors (Lipinski definition) is 3. The third-order valence-electron chi connectivity index (χ3n) is 2.24. The molecule has 14 heavy (non-hydrogen) atoms. The van der Waals surface area contributed by atoms with Crippen molar-refractivity contribution in [3.8, 4) is 10.6 Å². The molecule has 0 N–H and O–H groups in total. The summed E-state index contributed by atoms with van der Waals surface area (Å²) in [6, 6.07) is 6.15. The highest BCUT2D eigenvalue weighted by Crippen LogP contribution is 2.27. The summed E-state index contributed by atoms with van der Waals surface area (Å²) in [5, 5.41) is 1.21. The van der Waals surface area contributed by atoms with Crippen LogP contribution in [-0.4, -0.2) is 9.36 Å². The van der Waals surface area contributed by atoms with Crippen LogP contribution in [0.1, 0.15) is 11.1 Å². The molecule has 0 unspecified atom stereocenters. The van der Waals surface area contributed by atoms with Crippen molar-refractivity contribution in [2.75, 3.05) is 0 Å². The summed E-state index contributed by atoms with van der Waals surface area (Å²) in [7, 11) is 0. The second kappa shape index (κ2) is 3.67. The van der Waals surface area contributed by atoms with Crippen LogP contribution in [0, 0.1) is 13.8 Å². The molecule has 0 bridgehead atoms. The summed E-state index contributed by atoms with van der Waals surface area (Å²) in [5.41, 5.74) is 3.61. The lowest BCUT2D eigenvalue weighted by Gasteiger charge is -2.03. The van der Waals surface area contributed by atoms with Crippen molar-refractivity contribution >= 4 is 23.1 Å². The smallest absolute Gasteiger partial charge is 0.205 e. The zero-order chi connectivity index (χ0) is 10.1. The number of nitrogens with zero attached hydrogens (tertiary/aromatic N) is 2. The van der Waals surface area contributed by atoms with Gasteiger partial charge in [-0.25, -0.2) is 4.98 Å². The molecule has 2 nitrogen and oxygen atoms in total. The van der Waals surface area contributed by atoms with E-state index >= 15 is 0 Å². The second-order valence-electron chi connectivity index (χ2n) is 3.12. The largest absolute Gasteiger partial charge is 0.234 e. The Labute approximate surface area is 91.7 Å². The zero-order valence-corrected chi connectivity index (χ0v) is 9.49. The van der Waals surface area contributed by atoms with E-state index in [4.69, 9.17) is 11.6 Å². The fourth-order valence-electron chi connectivity index (χ4n) is 1.30. The number of halogens is 1. The molecule has 2 rings (SSSR count). The molecule has 0 atom stereocenters. The van der Waals surface area contributed by atoms with Gasteiger partial charge in [-0.1, -0.05) is 18.2 Å². The van der Waals surface area contributed by atoms with Crippen LogP contribution >= 0.6 is 23.1 Å². The molecule has 2 aromatic rings. The zero-order valence-electron chi connectivity index (χ0n) is 7.91. The lowest BCUT2D eigenvalue weighted by atomic mass is 10.0. The third kappa shape index (κ3) is 1.65. The van der Waals surface area contributed by atoms with Crippen molar-refractivity contribution in [1.29, 1.82) is 0 Å². The Morgan fingerprint density at radius 3 is 2.71 bits per heavy atom. The summed E-state index contributed by atoms with van der Waals surface area (Å²) >= 11 is 7.02. The van der Waals surface area contributed by atoms with Crippen molar-refractivity contribution < 1.29 is 0 Å². The van der Waals surface area contributed by atoms with Crippen LogP contribution in [0.3, 0.4) is 0 Å². The van der Waals surface area contributed by atoms with Crippen LogP contribution in [-0.2, 0) is 0 Å². The third-order valence-corrected chi connectivity index (χ3v) is 3.25. The van der Waals surface area contributed by atoms with E-state index in [1.54, 1.807) is 0 Å². The Balaban J connectivity index is 2.57. The minimum absolute atomic E-state index is 0.325. The number of aryl methyl sites for hydroxylation is 1. The Hall–Kier alpha value is -0.930. The van der Waals surface area contributed by atoms with E-state index in [9.17, 15) is 0 Å². The van der Waals surface area contributed by atoms with Gasteiger partial charge in [0.1, 0.15) is 5.01 Å². The molecular weight excluding hydrogens is 216 g/mol. The molecule has 1 aromatic carbocycles. The van der Waals surface area contributed by atoms with E-state index in [0.717, 1.165) is 10.6 Å². The minimum atomic E-state index is 0.325. The summed E-state index contributed by atoms with van der Waals surface area (Å²) in [6.45, 7) is 4.17. The number of benzene rings is 1. The van der Waals surface area contributed by atoms with Crippen LogP contribution in [0.4, 0.5) is 0 Å². The quantitative estimate of drug-likeness (QED) is 0.741. The molecule has 0 saturated heterocycles. The van der Waals surface area contributed by atoms with Gasteiger partial charge in [-0.15, -0.1) is 0 Å². The first kappa shape index (κ1) is 9.62. The molecule has 0 aliphatic carbocycles. The molecular formula is C10H9ClN2S. The Morgan fingerprint density at radius 1 is 1.29 bits per heavy atom. The highest BCUT2D eigenvalue weighted by molar-refractivity contribution is 7.09. The van der Waals surface area contributed by atoms with Gasteiger partial charge in [0.25, 0.3) is 0 Å². The van der Waals surface area contributed by atoms with Gasteiger partial charge in [-0.3, -0.25) is 0 Å². The van der Waals surface area contributed by atoms with Gasteiger partial charge in [0.15, 0.2) is 0 Å². The first-order chi connectivity index (χ1) is 6.68. The van der Waals surface area contributed by atoms with Gasteiger partial charge in [0, 0.05) is 5.56 Å². The van der Waals surface area contributed by atoms with Crippen molar-refractivity contribution in [3.05, 3.63) is 34.6 Å². The second-order valence-corrected chi connectivity index (χ2v) is 4.21. The molecule has 0 aliphatic rings. The van der Waals surface area contributed by atoms with E-state index in [0.29, 0.717) is 5.28 Å². The highest BCUT2D eigenvalue weighted by Gasteiger charge is 2.08. The summed E-state index contributed by atoms with van der Waals surface area (Å²) in [5.74, 6) is 0. The number of rotatable bonds is 1. The Morgan fingerprint density at radius 2 is 2.07 bits per heavy atom. The maximum absolute atomic E-state index is 5.69. The Kier molecular flexibility index (Phi) is 2.52. The van der Waals surface area contributed by atoms with Crippen molar-refractivity contribution in [2.24, 2.45) is 0 Å². The molecule has 0 saturated carbocycles. The first-order valence-corrected chi connectivity index (χ1v) is 5.39. The molecule has 1 aromatic heterocycles. The number of aromatic nitrogens is 2. The van der Waals surface area contributed by atoms with Gasteiger partial charge >= 0.3 is 0 Å². The van der Waals surface area contributed by atoms with E-state index in [1.165, 1.54) is 22.7 Å². The van der Waals surface area contributed by atoms with E-state index in [1.807, 2.05) is 12.1 Å². The van der Waals surface area contributed by atoms with Crippen LogP contribution < -0.4 is 0 Å². The minimum Gasteiger partial charge on any atom is -0.205 e. The van der Waals surface area contributed by atoms with Crippen molar-refractivity contribution in [3.63, 3.8) is 0 Å². The molecule has 0 fully saturated rings. The van der Waals surface area contributed by atoms with Gasteiger partial charge in [0.05, 0.1) is 0 Å². The normalized spacial score (nSPS) is 10.5. The Bertz CT molecular complexity index is 465. The van der Waals surface area contributed by atoms with Crippen LogP contribution in [0.25, 0.3) is 10.6 Å². The standard InChI is InChI=1S/C10H9ClN2S/c1-6-4-3-5-8(7(6)2)9-12-10(11)13-14-9/h3-5H,1-2H3. The van der Waals surface area contributed by atoms with Crippen molar-refractivity contribution in [2.45, 2.75) is 13.8 Å². The maximum atomic E-state index is 5.69. The summed E-state index contributed by atoms with van der Waals surface area (Å²) in [4.78, 5) is 4.16. The molecule has 0 amide bonds. The number of hydrogen-bond donors (Lipinski definition) is 0. The fraction of sp³-hybridized carbons (Fsp3) is 0.200. The fourth-order valence-corrected chi connectivity index (χ4v) is 2.19. The lowest BCUT2D eigenvalue weighted by Crippen LogP contribution is -1.85. The average Bonchev–Trinajstić information content (AvgIpc) is 2.57.